The summed E-state index contributed by atoms with van der Waals surface area (Å²) in [5.74, 6) is 0.641. The molecule has 21 heavy (non-hydrogen) atoms. The number of hydrogen-bond donors (Lipinski definition) is 0. The average Bonchev–Trinajstić information content (AvgIpc) is 2.54. The largest absolute Gasteiger partial charge is 0.497 e. The van der Waals surface area contributed by atoms with Crippen LogP contribution < -0.4 is 9.04 Å². The maximum Gasteiger partial charge on any atom is 0.265 e. The van der Waals surface area contributed by atoms with E-state index in [1.807, 2.05) is 6.07 Å². The summed E-state index contributed by atoms with van der Waals surface area (Å²) in [7, 11) is -0.794. The van der Waals surface area contributed by atoms with Gasteiger partial charge in [0.05, 0.1) is 18.4 Å². The van der Waals surface area contributed by atoms with Crippen LogP contribution in [0, 0.1) is 11.3 Å². The molecule has 5 nitrogen and oxygen atoms in total. The van der Waals surface area contributed by atoms with Crippen LogP contribution in [0.3, 0.4) is 0 Å². The van der Waals surface area contributed by atoms with Crippen molar-refractivity contribution < 1.29 is 13.2 Å². The highest BCUT2D eigenvalue weighted by molar-refractivity contribution is 7.92. The number of nitrogens with zero attached hydrogens (tertiary/aromatic N) is 2. The van der Waals surface area contributed by atoms with Crippen molar-refractivity contribution in [2.75, 3.05) is 18.5 Å². The Morgan fingerprint density at radius 3 is 2.29 bits per heavy atom. The lowest BCUT2D eigenvalue weighted by Gasteiger charge is -2.20. The molecule has 0 amide bonds. The Balaban J connectivity index is 2.45. The molecule has 2 aromatic carbocycles. The third kappa shape index (κ3) is 2.83. The van der Waals surface area contributed by atoms with E-state index in [0.29, 0.717) is 11.4 Å². The van der Waals surface area contributed by atoms with Crippen LogP contribution in [0.5, 0.6) is 5.75 Å². The molecule has 2 aromatic rings. The third-order valence-electron chi connectivity index (χ3n) is 3.08. The smallest absolute Gasteiger partial charge is 0.265 e. The van der Waals surface area contributed by atoms with E-state index in [4.69, 9.17) is 10.00 Å². The second-order valence-electron chi connectivity index (χ2n) is 4.28. The minimum absolute atomic E-state index is 0.00850. The molecule has 0 aliphatic carbocycles. The summed E-state index contributed by atoms with van der Waals surface area (Å²) in [6.45, 7) is 0. The van der Waals surface area contributed by atoms with Crippen LogP contribution in [0.2, 0.25) is 0 Å². The average molecular weight is 302 g/mol. The van der Waals surface area contributed by atoms with Gasteiger partial charge in [-0.05, 0) is 36.4 Å². The number of nitriles is 1. The Labute approximate surface area is 124 Å². The second-order valence-corrected chi connectivity index (χ2v) is 6.22. The minimum atomic E-state index is -3.78. The van der Waals surface area contributed by atoms with Crippen LogP contribution in [0.1, 0.15) is 5.56 Å². The summed E-state index contributed by atoms with van der Waals surface area (Å²) in [5.41, 5.74) is 0.612. The number of methoxy groups -OCH3 is 1. The lowest BCUT2D eigenvalue weighted by molar-refractivity contribution is 0.415. The number of rotatable bonds is 4. The van der Waals surface area contributed by atoms with E-state index in [1.165, 1.54) is 19.2 Å². The Kier molecular flexibility index (Phi) is 4.15. The SMILES string of the molecule is COc1ccc(N(C)S(=O)(=O)c2ccccc2C#N)cc1. The van der Waals surface area contributed by atoms with E-state index >= 15 is 0 Å². The number of benzene rings is 2. The van der Waals surface area contributed by atoms with Crippen molar-refractivity contribution in [2.24, 2.45) is 0 Å². The summed E-state index contributed by atoms with van der Waals surface area (Å²) < 4.78 is 31.4. The first kappa shape index (κ1) is 14.9. The molecule has 0 aliphatic heterocycles. The fourth-order valence-corrected chi connectivity index (χ4v) is 3.20. The van der Waals surface area contributed by atoms with E-state index in [0.717, 1.165) is 4.31 Å². The molecule has 0 fully saturated rings. The van der Waals surface area contributed by atoms with Crippen molar-refractivity contribution in [3.05, 3.63) is 54.1 Å². The van der Waals surface area contributed by atoms with E-state index in [9.17, 15) is 8.42 Å². The topological polar surface area (TPSA) is 70.4 Å². The molecule has 0 aliphatic rings. The van der Waals surface area contributed by atoms with Gasteiger partial charge in [-0.15, -0.1) is 0 Å². The van der Waals surface area contributed by atoms with Crippen molar-refractivity contribution in [1.29, 1.82) is 5.26 Å². The molecule has 6 heteroatoms. The van der Waals surface area contributed by atoms with E-state index in [-0.39, 0.29) is 10.5 Å². The summed E-state index contributed by atoms with van der Waals surface area (Å²) in [6.07, 6.45) is 0. The van der Waals surface area contributed by atoms with Crippen molar-refractivity contribution in [2.45, 2.75) is 4.90 Å². The fourth-order valence-electron chi connectivity index (χ4n) is 1.86. The maximum atomic E-state index is 12.6. The molecular weight excluding hydrogens is 288 g/mol. The van der Waals surface area contributed by atoms with Crippen molar-refractivity contribution >= 4 is 15.7 Å². The van der Waals surface area contributed by atoms with Gasteiger partial charge in [0, 0.05) is 7.05 Å². The first-order valence-electron chi connectivity index (χ1n) is 6.13. The highest BCUT2D eigenvalue weighted by atomic mass is 32.2. The molecular formula is C15H14N2O3S. The Hall–Kier alpha value is -2.52. The van der Waals surface area contributed by atoms with E-state index in [2.05, 4.69) is 0 Å². The Bertz CT molecular complexity index is 777. The molecule has 2 rings (SSSR count). The Morgan fingerprint density at radius 1 is 1.10 bits per heavy atom. The normalized spacial score (nSPS) is 10.7. The molecule has 0 spiro atoms. The van der Waals surface area contributed by atoms with Gasteiger partial charge in [0.15, 0.2) is 0 Å². The predicted molar refractivity (Wildman–Crippen MR) is 79.7 cm³/mol. The van der Waals surface area contributed by atoms with Crippen LogP contribution in [-0.4, -0.2) is 22.6 Å². The lowest BCUT2D eigenvalue weighted by atomic mass is 10.2. The van der Waals surface area contributed by atoms with Gasteiger partial charge in [0.1, 0.15) is 16.7 Å². The second kappa shape index (κ2) is 5.85. The first-order valence-corrected chi connectivity index (χ1v) is 7.57. The molecule has 0 unspecified atom stereocenters. The zero-order chi connectivity index (χ0) is 15.5. The summed E-state index contributed by atoms with van der Waals surface area (Å²) in [6, 6.07) is 14.7. The van der Waals surface area contributed by atoms with Gasteiger partial charge >= 0.3 is 0 Å². The summed E-state index contributed by atoms with van der Waals surface area (Å²) >= 11 is 0. The van der Waals surface area contributed by atoms with Crippen LogP contribution in [0.4, 0.5) is 5.69 Å². The van der Waals surface area contributed by atoms with Crippen molar-refractivity contribution in [3.8, 4) is 11.8 Å². The van der Waals surface area contributed by atoms with Gasteiger partial charge in [-0.1, -0.05) is 12.1 Å². The maximum absolute atomic E-state index is 12.6. The van der Waals surface area contributed by atoms with Gasteiger partial charge < -0.3 is 4.74 Å². The van der Waals surface area contributed by atoms with E-state index in [1.54, 1.807) is 43.5 Å². The van der Waals surface area contributed by atoms with Gasteiger partial charge in [-0.25, -0.2) is 8.42 Å². The molecule has 0 N–H and O–H groups in total. The number of ether oxygens (including phenoxy) is 1. The standard InChI is InChI=1S/C15H14N2O3S/c1-17(13-7-9-14(20-2)10-8-13)21(18,19)15-6-4-3-5-12(15)11-16/h3-10H,1-2H3. The minimum Gasteiger partial charge on any atom is -0.497 e. The molecule has 108 valence electrons. The van der Waals surface area contributed by atoms with Gasteiger partial charge in [-0.2, -0.15) is 5.26 Å². The van der Waals surface area contributed by atoms with Crippen molar-refractivity contribution in [1.82, 2.24) is 0 Å². The predicted octanol–water partition coefficient (Wildman–Crippen LogP) is 2.39. The number of sulfonamides is 1. The molecule has 0 aromatic heterocycles. The molecule has 0 radical (unpaired) electrons. The number of hydrogen-bond acceptors (Lipinski definition) is 4. The molecule has 0 saturated heterocycles. The molecule has 0 heterocycles. The molecule has 0 bridgehead atoms. The summed E-state index contributed by atoms with van der Waals surface area (Å²) in [4.78, 5) is -0.00850. The highest BCUT2D eigenvalue weighted by Gasteiger charge is 2.24. The van der Waals surface area contributed by atoms with Crippen LogP contribution >= 0.6 is 0 Å². The van der Waals surface area contributed by atoms with Crippen LogP contribution in [0.15, 0.2) is 53.4 Å². The van der Waals surface area contributed by atoms with Gasteiger partial charge in [0.2, 0.25) is 0 Å². The zero-order valence-electron chi connectivity index (χ0n) is 11.6. The zero-order valence-corrected chi connectivity index (χ0v) is 12.5. The Morgan fingerprint density at radius 2 is 1.71 bits per heavy atom. The molecule has 0 saturated carbocycles. The van der Waals surface area contributed by atoms with Gasteiger partial charge in [-0.3, -0.25) is 4.31 Å². The van der Waals surface area contributed by atoms with Gasteiger partial charge in [0.25, 0.3) is 10.0 Å². The summed E-state index contributed by atoms with van der Waals surface area (Å²) in [5, 5.41) is 9.05. The monoisotopic (exact) mass is 302 g/mol. The molecule has 0 atom stereocenters. The third-order valence-corrected chi connectivity index (χ3v) is 4.93. The highest BCUT2D eigenvalue weighted by Crippen LogP contribution is 2.25. The van der Waals surface area contributed by atoms with Crippen LogP contribution in [-0.2, 0) is 10.0 Å². The quantitative estimate of drug-likeness (QED) is 0.869. The fraction of sp³-hybridized carbons (Fsp3) is 0.133. The van der Waals surface area contributed by atoms with Crippen LogP contribution in [0.25, 0.3) is 0 Å². The van der Waals surface area contributed by atoms with E-state index < -0.39 is 10.0 Å². The van der Waals surface area contributed by atoms with Crippen molar-refractivity contribution in [3.63, 3.8) is 0 Å². The lowest BCUT2D eigenvalue weighted by Crippen LogP contribution is -2.27. The first-order chi connectivity index (χ1) is 10.0. The number of anilines is 1.